The maximum Gasteiger partial charge on any atom is 0.119 e. The van der Waals surface area contributed by atoms with Crippen molar-refractivity contribution >= 4 is 0 Å². The second kappa shape index (κ2) is 5.21. The minimum Gasteiger partial charge on any atom is -0.489 e. The van der Waals surface area contributed by atoms with Gasteiger partial charge < -0.3 is 4.74 Å². The molecule has 0 amide bonds. The van der Waals surface area contributed by atoms with E-state index in [-0.39, 0.29) is 5.41 Å². The van der Waals surface area contributed by atoms with Gasteiger partial charge in [-0.2, -0.15) is 0 Å². The van der Waals surface area contributed by atoms with Gasteiger partial charge in [-0.05, 0) is 40.8 Å². The quantitative estimate of drug-likeness (QED) is 0.811. The molecule has 1 aromatic heterocycles. The summed E-state index contributed by atoms with van der Waals surface area (Å²) >= 11 is 0. The lowest BCUT2D eigenvalue weighted by molar-refractivity contribution is 0.306. The molecule has 0 saturated heterocycles. The van der Waals surface area contributed by atoms with Gasteiger partial charge in [0, 0.05) is 12.4 Å². The SMILES string of the molecule is CC(C)(C)c1ccc(OCc2ccncc2)cc1. The van der Waals surface area contributed by atoms with Gasteiger partial charge in [-0.1, -0.05) is 32.9 Å². The first kappa shape index (κ1) is 12.6. The van der Waals surface area contributed by atoms with Crippen molar-refractivity contribution < 1.29 is 4.74 Å². The first-order valence-corrected chi connectivity index (χ1v) is 6.18. The zero-order valence-corrected chi connectivity index (χ0v) is 11.2. The van der Waals surface area contributed by atoms with Crippen LogP contribution in [0.2, 0.25) is 0 Å². The van der Waals surface area contributed by atoms with Crippen LogP contribution in [0.4, 0.5) is 0 Å². The fraction of sp³-hybridized carbons (Fsp3) is 0.312. The molecule has 0 aliphatic heterocycles. The summed E-state index contributed by atoms with van der Waals surface area (Å²) in [6.07, 6.45) is 3.56. The second-order valence-corrected chi connectivity index (χ2v) is 5.42. The molecule has 2 heteroatoms. The molecule has 0 bridgehead atoms. The summed E-state index contributed by atoms with van der Waals surface area (Å²) in [6.45, 7) is 7.21. The van der Waals surface area contributed by atoms with Gasteiger partial charge in [0.1, 0.15) is 12.4 Å². The third kappa shape index (κ3) is 3.33. The Morgan fingerprint density at radius 2 is 1.56 bits per heavy atom. The van der Waals surface area contributed by atoms with Crippen LogP contribution >= 0.6 is 0 Å². The summed E-state index contributed by atoms with van der Waals surface area (Å²) < 4.78 is 5.73. The fourth-order valence-corrected chi connectivity index (χ4v) is 1.70. The van der Waals surface area contributed by atoms with Crippen molar-refractivity contribution in [3.63, 3.8) is 0 Å². The first-order valence-electron chi connectivity index (χ1n) is 6.18. The van der Waals surface area contributed by atoms with Gasteiger partial charge in [-0.25, -0.2) is 0 Å². The summed E-state index contributed by atoms with van der Waals surface area (Å²) in [5, 5.41) is 0. The fourth-order valence-electron chi connectivity index (χ4n) is 1.70. The predicted molar refractivity (Wildman–Crippen MR) is 73.7 cm³/mol. The van der Waals surface area contributed by atoms with Crippen LogP contribution in [0.5, 0.6) is 5.75 Å². The molecule has 0 aliphatic rings. The molecule has 0 unspecified atom stereocenters. The van der Waals surface area contributed by atoms with Gasteiger partial charge in [0.15, 0.2) is 0 Å². The number of hydrogen-bond acceptors (Lipinski definition) is 2. The van der Waals surface area contributed by atoms with Crippen molar-refractivity contribution in [1.82, 2.24) is 4.98 Å². The Kier molecular flexibility index (Phi) is 3.66. The monoisotopic (exact) mass is 241 g/mol. The zero-order valence-electron chi connectivity index (χ0n) is 11.2. The molecular weight excluding hydrogens is 222 g/mol. The molecule has 2 aromatic rings. The molecule has 1 heterocycles. The molecule has 18 heavy (non-hydrogen) atoms. The molecule has 0 fully saturated rings. The van der Waals surface area contributed by atoms with Gasteiger partial charge >= 0.3 is 0 Å². The molecule has 0 radical (unpaired) electrons. The normalized spacial score (nSPS) is 11.3. The van der Waals surface area contributed by atoms with E-state index < -0.39 is 0 Å². The molecule has 2 nitrogen and oxygen atoms in total. The maximum atomic E-state index is 5.73. The molecule has 2 rings (SSSR count). The third-order valence-electron chi connectivity index (χ3n) is 2.88. The molecule has 1 aromatic carbocycles. The van der Waals surface area contributed by atoms with Crippen molar-refractivity contribution in [3.8, 4) is 5.75 Å². The summed E-state index contributed by atoms with van der Waals surface area (Å²) in [4.78, 5) is 3.98. The van der Waals surface area contributed by atoms with Gasteiger partial charge in [0.2, 0.25) is 0 Å². The van der Waals surface area contributed by atoms with E-state index in [0.717, 1.165) is 11.3 Å². The van der Waals surface area contributed by atoms with E-state index in [2.05, 4.69) is 37.9 Å². The summed E-state index contributed by atoms with van der Waals surface area (Å²) in [5.74, 6) is 0.903. The highest BCUT2D eigenvalue weighted by molar-refractivity contribution is 5.31. The van der Waals surface area contributed by atoms with Crippen LogP contribution in [0.3, 0.4) is 0 Å². The highest BCUT2D eigenvalue weighted by Gasteiger charge is 2.12. The molecule has 94 valence electrons. The lowest BCUT2D eigenvalue weighted by Crippen LogP contribution is -2.10. The number of pyridine rings is 1. The Bertz CT molecular complexity index is 483. The minimum atomic E-state index is 0.184. The van der Waals surface area contributed by atoms with Gasteiger partial charge in [-0.3, -0.25) is 4.98 Å². The molecule has 0 N–H and O–H groups in total. The average Bonchev–Trinajstić information content (AvgIpc) is 2.37. The minimum absolute atomic E-state index is 0.184. The summed E-state index contributed by atoms with van der Waals surface area (Å²) in [7, 11) is 0. The summed E-state index contributed by atoms with van der Waals surface area (Å²) in [5.41, 5.74) is 2.63. The van der Waals surface area contributed by atoms with Crippen LogP contribution in [0.25, 0.3) is 0 Å². The van der Waals surface area contributed by atoms with Crippen LogP contribution in [-0.2, 0) is 12.0 Å². The Balaban J connectivity index is 1.99. The van der Waals surface area contributed by atoms with Crippen molar-refractivity contribution in [2.45, 2.75) is 32.8 Å². The molecule has 0 saturated carbocycles. The Labute approximate surface area is 109 Å². The van der Waals surface area contributed by atoms with Gasteiger partial charge in [0.05, 0.1) is 0 Å². The predicted octanol–water partition coefficient (Wildman–Crippen LogP) is 3.96. The van der Waals surface area contributed by atoms with Gasteiger partial charge in [0.25, 0.3) is 0 Å². The molecule has 0 aliphatic carbocycles. The van der Waals surface area contributed by atoms with E-state index >= 15 is 0 Å². The summed E-state index contributed by atoms with van der Waals surface area (Å²) in [6, 6.07) is 12.2. The van der Waals surface area contributed by atoms with E-state index in [9.17, 15) is 0 Å². The van der Waals surface area contributed by atoms with Crippen LogP contribution in [0.1, 0.15) is 31.9 Å². The standard InChI is InChI=1S/C16H19NO/c1-16(2,3)14-4-6-15(7-5-14)18-12-13-8-10-17-11-9-13/h4-11H,12H2,1-3H3. The van der Waals surface area contributed by atoms with E-state index in [4.69, 9.17) is 4.74 Å². The number of aromatic nitrogens is 1. The van der Waals surface area contributed by atoms with E-state index in [1.54, 1.807) is 12.4 Å². The van der Waals surface area contributed by atoms with Crippen LogP contribution in [-0.4, -0.2) is 4.98 Å². The van der Waals surface area contributed by atoms with Crippen molar-refractivity contribution in [2.75, 3.05) is 0 Å². The molecular formula is C16H19NO. The number of ether oxygens (including phenoxy) is 1. The van der Waals surface area contributed by atoms with Crippen molar-refractivity contribution in [3.05, 3.63) is 59.9 Å². The lowest BCUT2D eigenvalue weighted by Gasteiger charge is -2.19. The van der Waals surface area contributed by atoms with E-state index in [1.165, 1.54) is 5.56 Å². The number of benzene rings is 1. The van der Waals surface area contributed by atoms with E-state index in [0.29, 0.717) is 6.61 Å². The maximum absolute atomic E-state index is 5.73. The second-order valence-electron chi connectivity index (χ2n) is 5.42. The zero-order chi connectivity index (χ0) is 13.0. The Morgan fingerprint density at radius 3 is 2.11 bits per heavy atom. The number of nitrogens with zero attached hydrogens (tertiary/aromatic N) is 1. The first-order chi connectivity index (χ1) is 8.55. The molecule has 0 atom stereocenters. The molecule has 0 spiro atoms. The highest BCUT2D eigenvalue weighted by atomic mass is 16.5. The smallest absolute Gasteiger partial charge is 0.119 e. The largest absolute Gasteiger partial charge is 0.489 e. The van der Waals surface area contributed by atoms with Gasteiger partial charge in [-0.15, -0.1) is 0 Å². The van der Waals surface area contributed by atoms with Crippen molar-refractivity contribution in [1.29, 1.82) is 0 Å². The average molecular weight is 241 g/mol. The number of hydrogen-bond donors (Lipinski definition) is 0. The van der Waals surface area contributed by atoms with Crippen LogP contribution < -0.4 is 4.74 Å². The van der Waals surface area contributed by atoms with E-state index in [1.807, 2.05) is 24.3 Å². The van der Waals surface area contributed by atoms with Crippen LogP contribution in [0, 0.1) is 0 Å². The Morgan fingerprint density at radius 1 is 0.944 bits per heavy atom. The van der Waals surface area contributed by atoms with Crippen LogP contribution in [0.15, 0.2) is 48.8 Å². The van der Waals surface area contributed by atoms with Crippen molar-refractivity contribution in [2.24, 2.45) is 0 Å². The topological polar surface area (TPSA) is 22.1 Å². The number of rotatable bonds is 3. The Hall–Kier alpha value is -1.83. The highest BCUT2D eigenvalue weighted by Crippen LogP contribution is 2.24. The third-order valence-corrected chi connectivity index (χ3v) is 2.88. The lowest BCUT2D eigenvalue weighted by atomic mass is 9.87.